The van der Waals surface area contributed by atoms with E-state index in [1.165, 1.54) is 0 Å². The molecular weight excluding hydrogens is 401 g/mol. The molecule has 2 atom stereocenters. The Morgan fingerprint density at radius 2 is 2.07 bits per heavy atom. The highest BCUT2D eigenvalue weighted by molar-refractivity contribution is 5.93. The summed E-state index contributed by atoms with van der Waals surface area (Å²) < 4.78 is 70.1. The van der Waals surface area contributed by atoms with Gasteiger partial charge in [-0.05, 0) is 25.0 Å². The minimum absolute atomic E-state index is 0.00342. The number of hydrogen-bond acceptors (Lipinski definition) is 4. The Hall–Kier alpha value is -2.73. The first-order chi connectivity index (χ1) is 13.7. The normalized spacial score (nSPS) is 19.1. The zero-order valence-electron chi connectivity index (χ0n) is 14.9. The van der Waals surface area contributed by atoms with Crippen LogP contribution in [0.4, 0.5) is 27.8 Å². The standard InChI is InChI=1S/C17H18F5N5O2/c18-11-4-3-9(6-12(11)19)15(28)25-16(23-10-2-1-5-29-8-10)24-14-7-13(26-27-14)17(20,21)22/h3-4,6-7,10,15,28H,1-2,5,8H2,(H3,23,24,25,26,27). The molecule has 4 N–H and O–H groups in total. The molecule has 2 heterocycles. The van der Waals surface area contributed by atoms with Gasteiger partial charge in [-0.1, -0.05) is 6.07 Å². The minimum atomic E-state index is -4.61. The van der Waals surface area contributed by atoms with Gasteiger partial charge in [-0.3, -0.25) is 5.10 Å². The Balaban J connectivity index is 1.79. The lowest BCUT2D eigenvalue weighted by Gasteiger charge is -2.22. The molecule has 1 aromatic heterocycles. The van der Waals surface area contributed by atoms with Crippen LogP contribution in [-0.4, -0.2) is 40.5 Å². The highest BCUT2D eigenvalue weighted by Gasteiger charge is 2.33. The number of anilines is 1. The fourth-order valence-electron chi connectivity index (χ4n) is 2.66. The van der Waals surface area contributed by atoms with Crippen molar-refractivity contribution in [2.75, 3.05) is 18.5 Å². The van der Waals surface area contributed by atoms with Crippen LogP contribution >= 0.6 is 0 Å². The smallest absolute Gasteiger partial charge is 0.379 e. The number of aromatic nitrogens is 2. The summed E-state index contributed by atoms with van der Waals surface area (Å²) in [6.07, 6.45) is -4.71. The van der Waals surface area contributed by atoms with E-state index in [-0.39, 0.29) is 23.4 Å². The fraction of sp³-hybridized carbons (Fsp3) is 0.412. The molecule has 12 heteroatoms. The van der Waals surface area contributed by atoms with Crippen LogP contribution < -0.4 is 10.6 Å². The maximum Gasteiger partial charge on any atom is 0.432 e. The molecule has 0 aliphatic carbocycles. The SMILES string of the molecule is OC(NC(=NC1CCCOC1)Nc1cc(C(F)(F)F)[nH]n1)c1ccc(F)c(F)c1. The van der Waals surface area contributed by atoms with Crippen molar-refractivity contribution in [2.45, 2.75) is 31.3 Å². The van der Waals surface area contributed by atoms with Gasteiger partial charge in [0, 0.05) is 18.2 Å². The second-order valence-electron chi connectivity index (χ2n) is 6.36. The Morgan fingerprint density at radius 1 is 1.28 bits per heavy atom. The van der Waals surface area contributed by atoms with Crippen molar-refractivity contribution < 1.29 is 31.8 Å². The average Bonchev–Trinajstić information content (AvgIpc) is 3.13. The Bertz CT molecular complexity index is 864. The number of aliphatic imine (C=N–C) groups is 1. The highest BCUT2D eigenvalue weighted by Crippen LogP contribution is 2.28. The second kappa shape index (κ2) is 8.74. The van der Waals surface area contributed by atoms with Crippen LogP contribution in [-0.2, 0) is 10.9 Å². The minimum Gasteiger partial charge on any atom is -0.379 e. The number of aliphatic hydroxyl groups excluding tert-OH is 1. The van der Waals surface area contributed by atoms with Gasteiger partial charge >= 0.3 is 6.18 Å². The molecule has 1 aliphatic rings. The number of ether oxygens (including phenoxy) is 1. The van der Waals surface area contributed by atoms with Crippen molar-refractivity contribution in [1.82, 2.24) is 15.5 Å². The lowest BCUT2D eigenvalue weighted by Crippen LogP contribution is -2.36. The van der Waals surface area contributed by atoms with Crippen molar-refractivity contribution in [2.24, 2.45) is 4.99 Å². The van der Waals surface area contributed by atoms with E-state index in [1.807, 2.05) is 5.10 Å². The number of nitrogens with one attached hydrogen (secondary N) is 3. The summed E-state index contributed by atoms with van der Waals surface area (Å²) in [5, 5.41) is 20.8. The van der Waals surface area contributed by atoms with Crippen LogP contribution in [0, 0.1) is 11.6 Å². The molecular formula is C17H18F5N5O2. The van der Waals surface area contributed by atoms with Gasteiger partial charge in [-0.25, -0.2) is 13.8 Å². The molecule has 0 amide bonds. The predicted molar refractivity (Wildman–Crippen MR) is 92.9 cm³/mol. The third-order valence-corrected chi connectivity index (χ3v) is 4.11. The second-order valence-corrected chi connectivity index (χ2v) is 6.36. The molecule has 0 spiro atoms. The molecule has 1 saturated heterocycles. The third kappa shape index (κ3) is 5.64. The number of hydrogen-bond donors (Lipinski definition) is 4. The summed E-state index contributed by atoms with van der Waals surface area (Å²) in [4.78, 5) is 4.31. The van der Waals surface area contributed by atoms with Gasteiger partial charge in [0.25, 0.3) is 0 Å². The fourth-order valence-corrected chi connectivity index (χ4v) is 2.66. The van der Waals surface area contributed by atoms with E-state index in [2.05, 4.69) is 20.7 Å². The van der Waals surface area contributed by atoms with Crippen LogP contribution in [0.15, 0.2) is 29.3 Å². The van der Waals surface area contributed by atoms with E-state index >= 15 is 0 Å². The summed E-state index contributed by atoms with van der Waals surface area (Å²) >= 11 is 0. The van der Waals surface area contributed by atoms with E-state index in [4.69, 9.17) is 4.74 Å². The van der Waals surface area contributed by atoms with Gasteiger partial charge in [-0.15, -0.1) is 0 Å². The van der Waals surface area contributed by atoms with E-state index in [9.17, 15) is 27.1 Å². The van der Waals surface area contributed by atoms with Gasteiger partial charge in [-0.2, -0.15) is 18.3 Å². The lowest BCUT2D eigenvalue weighted by molar-refractivity contribution is -0.141. The number of aromatic amines is 1. The molecule has 3 rings (SSSR count). The van der Waals surface area contributed by atoms with Crippen molar-refractivity contribution in [3.63, 3.8) is 0 Å². The van der Waals surface area contributed by atoms with E-state index in [0.717, 1.165) is 30.7 Å². The topological polar surface area (TPSA) is 94.6 Å². The maximum atomic E-state index is 13.4. The summed E-state index contributed by atoms with van der Waals surface area (Å²) in [6.45, 7) is 0.872. The van der Waals surface area contributed by atoms with Crippen molar-refractivity contribution >= 4 is 11.8 Å². The Kier molecular flexibility index (Phi) is 6.33. The molecule has 1 fully saturated rings. The first-order valence-electron chi connectivity index (χ1n) is 8.67. The zero-order valence-corrected chi connectivity index (χ0v) is 14.9. The molecule has 2 unspecified atom stereocenters. The third-order valence-electron chi connectivity index (χ3n) is 4.11. The van der Waals surface area contributed by atoms with Gasteiger partial charge in [0.15, 0.2) is 29.6 Å². The van der Waals surface area contributed by atoms with Crippen LogP contribution in [0.1, 0.15) is 30.3 Å². The average molecular weight is 419 g/mol. The Morgan fingerprint density at radius 3 is 2.69 bits per heavy atom. The molecule has 0 radical (unpaired) electrons. The first kappa shape index (κ1) is 21.0. The van der Waals surface area contributed by atoms with Crippen molar-refractivity contribution in [1.29, 1.82) is 0 Å². The number of nitrogens with zero attached hydrogens (tertiary/aromatic N) is 2. The molecule has 0 bridgehead atoms. The number of aliphatic hydroxyl groups is 1. The first-order valence-corrected chi connectivity index (χ1v) is 8.67. The summed E-state index contributed by atoms with van der Waals surface area (Å²) in [5.41, 5.74) is -1.07. The van der Waals surface area contributed by atoms with E-state index in [0.29, 0.717) is 19.6 Å². The number of H-pyrrole nitrogens is 1. The maximum absolute atomic E-state index is 13.4. The van der Waals surface area contributed by atoms with Gasteiger partial charge in [0.05, 0.1) is 12.6 Å². The predicted octanol–water partition coefficient (Wildman–Crippen LogP) is 2.93. The Labute approximate surface area is 162 Å². The van der Waals surface area contributed by atoms with Gasteiger partial charge < -0.3 is 20.5 Å². The molecule has 1 aromatic carbocycles. The van der Waals surface area contributed by atoms with Crippen molar-refractivity contribution in [3.8, 4) is 0 Å². The van der Waals surface area contributed by atoms with Crippen LogP contribution in [0.5, 0.6) is 0 Å². The molecule has 29 heavy (non-hydrogen) atoms. The molecule has 1 aliphatic heterocycles. The summed E-state index contributed by atoms with van der Waals surface area (Å²) in [7, 11) is 0. The highest BCUT2D eigenvalue weighted by atomic mass is 19.4. The lowest BCUT2D eigenvalue weighted by atomic mass is 10.1. The molecule has 7 nitrogen and oxygen atoms in total. The molecule has 158 valence electrons. The zero-order chi connectivity index (χ0) is 21.0. The summed E-state index contributed by atoms with van der Waals surface area (Å²) in [6, 6.07) is 3.23. The summed E-state index contributed by atoms with van der Waals surface area (Å²) in [5.74, 6) is -2.53. The van der Waals surface area contributed by atoms with E-state index < -0.39 is 29.7 Å². The van der Waals surface area contributed by atoms with Gasteiger partial charge in [0.1, 0.15) is 5.69 Å². The largest absolute Gasteiger partial charge is 0.432 e. The number of rotatable bonds is 4. The molecule has 2 aromatic rings. The van der Waals surface area contributed by atoms with Gasteiger partial charge in [0.2, 0.25) is 0 Å². The van der Waals surface area contributed by atoms with E-state index in [1.54, 1.807) is 0 Å². The van der Waals surface area contributed by atoms with Crippen LogP contribution in [0.25, 0.3) is 0 Å². The number of halogens is 5. The van der Waals surface area contributed by atoms with Crippen molar-refractivity contribution in [3.05, 3.63) is 47.2 Å². The van der Waals surface area contributed by atoms with Crippen LogP contribution in [0.2, 0.25) is 0 Å². The monoisotopic (exact) mass is 419 g/mol. The molecule has 0 saturated carbocycles. The van der Waals surface area contributed by atoms with Crippen LogP contribution in [0.3, 0.4) is 0 Å². The number of benzene rings is 1. The number of guanidine groups is 1. The number of alkyl halides is 3. The quantitative estimate of drug-likeness (QED) is 0.265.